The lowest BCUT2D eigenvalue weighted by Gasteiger charge is -2.28. The first kappa shape index (κ1) is 13.6. The number of amides is 1. The maximum atomic E-state index is 12.9. The molecule has 1 atom stereocenters. The number of fused-ring (bicyclic) bond motifs is 1. The van der Waals surface area contributed by atoms with E-state index in [-0.39, 0.29) is 5.92 Å². The van der Waals surface area contributed by atoms with Crippen molar-refractivity contribution in [3.05, 3.63) is 48.4 Å². The third-order valence-electron chi connectivity index (χ3n) is 4.72. The largest absolute Gasteiger partial charge is 0.334 e. The van der Waals surface area contributed by atoms with Crippen LogP contribution in [0.15, 0.2) is 42.7 Å². The molecule has 0 spiro atoms. The maximum Gasteiger partial charge on any atom is 0.226 e. The monoisotopic (exact) mass is 295 g/mol. The van der Waals surface area contributed by atoms with E-state index in [1.165, 1.54) is 0 Å². The van der Waals surface area contributed by atoms with Crippen LogP contribution >= 0.6 is 0 Å². The summed E-state index contributed by atoms with van der Waals surface area (Å²) in [6.45, 7) is 0.675. The van der Waals surface area contributed by atoms with Crippen LogP contribution in [0.4, 0.5) is 0 Å². The molecule has 1 unspecified atom stereocenters. The first-order chi connectivity index (χ1) is 10.8. The highest BCUT2D eigenvalue weighted by atomic mass is 16.2. The van der Waals surface area contributed by atoms with Crippen LogP contribution in [0.5, 0.6) is 0 Å². The second kappa shape index (κ2) is 5.59. The van der Waals surface area contributed by atoms with Crippen LogP contribution in [-0.4, -0.2) is 26.2 Å². The van der Waals surface area contributed by atoms with Crippen molar-refractivity contribution in [3.8, 4) is 0 Å². The lowest BCUT2D eigenvalue weighted by molar-refractivity contribution is -0.137. The Hall–Kier alpha value is -2.10. The van der Waals surface area contributed by atoms with E-state index in [0.29, 0.717) is 18.5 Å². The number of allylic oxidation sites excluding steroid dienone is 2. The van der Waals surface area contributed by atoms with E-state index < -0.39 is 0 Å². The number of aromatic nitrogens is 2. The Morgan fingerprint density at radius 3 is 2.95 bits per heavy atom. The number of carbonyl (C=O) groups excluding carboxylic acids is 1. The fourth-order valence-corrected chi connectivity index (χ4v) is 3.30. The Kier molecular flexibility index (Phi) is 3.45. The van der Waals surface area contributed by atoms with Gasteiger partial charge in [-0.05, 0) is 44.2 Å². The van der Waals surface area contributed by atoms with Gasteiger partial charge in [0.1, 0.15) is 5.65 Å². The lowest BCUT2D eigenvalue weighted by atomic mass is 9.93. The van der Waals surface area contributed by atoms with Gasteiger partial charge in [0.25, 0.3) is 0 Å². The number of hydrogen-bond acceptors (Lipinski definition) is 2. The van der Waals surface area contributed by atoms with Gasteiger partial charge in [0.2, 0.25) is 5.91 Å². The zero-order valence-corrected chi connectivity index (χ0v) is 12.7. The van der Waals surface area contributed by atoms with E-state index in [1.54, 1.807) is 0 Å². The molecule has 0 aliphatic heterocycles. The van der Waals surface area contributed by atoms with Crippen molar-refractivity contribution in [1.29, 1.82) is 0 Å². The Bertz CT molecular complexity index is 714. The Labute approximate surface area is 130 Å². The summed E-state index contributed by atoms with van der Waals surface area (Å²) in [7, 11) is 0. The highest BCUT2D eigenvalue weighted by molar-refractivity contribution is 5.79. The zero-order valence-electron chi connectivity index (χ0n) is 12.7. The van der Waals surface area contributed by atoms with Crippen LogP contribution in [0.25, 0.3) is 5.65 Å². The zero-order chi connectivity index (χ0) is 14.9. The highest BCUT2D eigenvalue weighted by Gasteiger charge is 2.36. The van der Waals surface area contributed by atoms with Gasteiger partial charge in [0.05, 0.1) is 18.4 Å². The van der Waals surface area contributed by atoms with Gasteiger partial charge >= 0.3 is 0 Å². The van der Waals surface area contributed by atoms with Gasteiger partial charge in [-0.2, -0.15) is 0 Å². The number of imidazole rings is 1. The number of carbonyl (C=O) groups is 1. The first-order valence-electron chi connectivity index (χ1n) is 8.19. The summed E-state index contributed by atoms with van der Waals surface area (Å²) in [5.74, 6) is 0.502. The summed E-state index contributed by atoms with van der Waals surface area (Å²) in [4.78, 5) is 19.4. The summed E-state index contributed by atoms with van der Waals surface area (Å²) in [5.41, 5.74) is 2.04. The van der Waals surface area contributed by atoms with Gasteiger partial charge in [0.15, 0.2) is 0 Å². The predicted octanol–water partition coefficient (Wildman–Crippen LogP) is 3.18. The second-order valence-corrected chi connectivity index (χ2v) is 6.36. The van der Waals surface area contributed by atoms with Gasteiger partial charge < -0.3 is 9.30 Å². The van der Waals surface area contributed by atoms with Crippen molar-refractivity contribution in [2.45, 2.75) is 44.7 Å². The SMILES string of the molecule is O=C(C1CC=CCC1)N(Cc1cnc2ccccn12)C1CC1. The molecule has 0 saturated heterocycles. The Morgan fingerprint density at radius 2 is 2.18 bits per heavy atom. The normalized spacial score (nSPS) is 21.2. The summed E-state index contributed by atoms with van der Waals surface area (Å²) < 4.78 is 2.09. The molecule has 0 bridgehead atoms. The van der Waals surface area contributed by atoms with Gasteiger partial charge in [-0.3, -0.25) is 4.79 Å². The molecule has 2 aliphatic rings. The van der Waals surface area contributed by atoms with Gasteiger partial charge in [-0.1, -0.05) is 18.2 Å². The van der Waals surface area contributed by atoms with Crippen molar-refractivity contribution in [3.63, 3.8) is 0 Å². The molecular weight excluding hydrogens is 274 g/mol. The Morgan fingerprint density at radius 1 is 1.27 bits per heavy atom. The molecule has 2 aromatic heterocycles. The molecule has 22 heavy (non-hydrogen) atoms. The average molecular weight is 295 g/mol. The van der Waals surface area contributed by atoms with Crippen molar-refractivity contribution in [2.75, 3.05) is 0 Å². The van der Waals surface area contributed by atoms with Crippen LogP contribution in [-0.2, 0) is 11.3 Å². The molecule has 1 fully saturated rings. The van der Waals surface area contributed by atoms with E-state index in [0.717, 1.165) is 43.4 Å². The van der Waals surface area contributed by atoms with Crippen LogP contribution in [0.1, 0.15) is 37.8 Å². The molecule has 0 radical (unpaired) electrons. The van der Waals surface area contributed by atoms with Crippen molar-refractivity contribution in [1.82, 2.24) is 14.3 Å². The van der Waals surface area contributed by atoms with E-state index in [1.807, 2.05) is 30.6 Å². The number of rotatable bonds is 4. The second-order valence-electron chi connectivity index (χ2n) is 6.36. The number of nitrogens with zero attached hydrogens (tertiary/aromatic N) is 3. The molecule has 1 saturated carbocycles. The minimum absolute atomic E-state index is 0.171. The first-order valence-corrected chi connectivity index (χ1v) is 8.19. The van der Waals surface area contributed by atoms with Crippen molar-refractivity contribution < 1.29 is 4.79 Å². The molecule has 2 aromatic rings. The van der Waals surface area contributed by atoms with E-state index in [2.05, 4.69) is 26.4 Å². The standard InChI is InChI=1S/C18H21N3O/c22-18(14-6-2-1-3-7-14)21(15-9-10-15)13-16-12-19-17-8-4-5-11-20(16)17/h1-2,4-5,8,11-12,14-15H,3,6-7,9-10,13H2. The summed E-state index contributed by atoms with van der Waals surface area (Å²) >= 11 is 0. The van der Waals surface area contributed by atoms with Gasteiger partial charge in [-0.15, -0.1) is 0 Å². The van der Waals surface area contributed by atoms with Gasteiger partial charge in [-0.25, -0.2) is 4.98 Å². The number of hydrogen-bond donors (Lipinski definition) is 0. The molecule has 0 aromatic carbocycles. The fourth-order valence-electron chi connectivity index (χ4n) is 3.30. The average Bonchev–Trinajstić information content (AvgIpc) is 3.34. The molecule has 2 aliphatic carbocycles. The molecule has 114 valence electrons. The summed E-state index contributed by atoms with van der Waals surface area (Å²) in [5, 5.41) is 0. The van der Waals surface area contributed by atoms with Crippen LogP contribution in [0, 0.1) is 5.92 Å². The minimum Gasteiger partial charge on any atom is -0.334 e. The predicted molar refractivity (Wildman–Crippen MR) is 85.2 cm³/mol. The molecule has 1 amide bonds. The fraction of sp³-hybridized carbons (Fsp3) is 0.444. The topological polar surface area (TPSA) is 37.6 Å². The highest BCUT2D eigenvalue weighted by Crippen LogP contribution is 2.32. The molecule has 2 heterocycles. The molecule has 0 N–H and O–H groups in total. The molecule has 4 rings (SSSR count). The smallest absolute Gasteiger partial charge is 0.226 e. The summed E-state index contributed by atoms with van der Waals surface area (Å²) in [6, 6.07) is 6.43. The van der Waals surface area contributed by atoms with Crippen molar-refractivity contribution in [2.24, 2.45) is 5.92 Å². The van der Waals surface area contributed by atoms with E-state index in [4.69, 9.17) is 0 Å². The molecular formula is C18H21N3O. The lowest BCUT2D eigenvalue weighted by Crippen LogP contribution is -2.38. The van der Waals surface area contributed by atoms with E-state index >= 15 is 0 Å². The van der Waals surface area contributed by atoms with Crippen LogP contribution in [0.3, 0.4) is 0 Å². The van der Waals surface area contributed by atoms with E-state index in [9.17, 15) is 4.79 Å². The maximum absolute atomic E-state index is 12.9. The Balaban J connectivity index is 1.57. The van der Waals surface area contributed by atoms with Crippen LogP contribution < -0.4 is 0 Å². The third kappa shape index (κ3) is 2.54. The van der Waals surface area contributed by atoms with Crippen molar-refractivity contribution >= 4 is 11.6 Å². The number of pyridine rings is 1. The summed E-state index contributed by atoms with van der Waals surface area (Å²) in [6.07, 6.45) is 13.5. The molecule has 4 nitrogen and oxygen atoms in total. The molecule has 4 heteroatoms. The minimum atomic E-state index is 0.171. The van der Waals surface area contributed by atoms with Gasteiger partial charge in [0, 0.05) is 18.2 Å². The quantitative estimate of drug-likeness (QED) is 0.812. The third-order valence-corrected chi connectivity index (χ3v) is 4.72. The van der Waals surface area contributed by atoms with Crippen LogP contribution in [0.2, 0.25) is 0 Å².